The number of piperidine rings is 1. The summed E-state index contributed by atoms with van der Waals surface area (Å²) >= 11 is 4.70. The molecule has 2 aliphatic rings. The molecule has 2 amide bonds. The predicted octanol–water partition coefficient (Wildman–Crippen LogP) is 5.59. The van der Waals surface area contributed by atoms with Gasteiger partial charge < -0.3 is 0 Å². The van der Waals surface area contributed by atoms with Crippen molar-refractivity contribution in [3.05, 3.63) is 45.1 Å². The van der Waals surface area contributed by atoms with Crippen LogP contribution in [0.2, 0.25) is 0 Å². The average molecular weight is 524 g/mol. The molecule has 2 unspecified atom stereocenters. The highest BCUT2D eigenvalue weighted by Gasteiger charge is 2.72. The SMILES string of the molecule is Cc1nc(C(F)(F)F)cc(-c2ccnc3cc(CN4C(=O)C5C(C4=O)C5(C)C)sc23)c1Br. The standard InChI is InChI=1S/C22H17BrF3N3O2S/c1-9-17(23)12(7-14(28-9)22(24,25)26)11-4-5-27-13-6-10(32-18(11)13)8-29-19(30)15-16(20(29)31)21(15,2)3/h4-7,15-16H,8H2,1-3H3. The molecule has 0 N–H and O–H groups in total. The molecule has 4 heterocycles. The van der Waals surface area contributed by atoms with Gasteiger partial charge in [0.25, 0.3) is 0 Å². The molecule has 166 valence electrons. The fourth-order valence-corrected chi connectivity index (χ4v) is 6.14. The third-order valence-electron chi connectivity index (χ3n) is 6.37. The molecular formula is C22H17BrF3N3O2S. The Kier molecular flexibility index (Phi) is 4.59. The quantitative estimate of drug-likeness (QED) is 0.420. The summed E-state index contributed by atoms with van der Waals surface area (Å²) in [6, 6.07) is 4.46. The molecule has 5 rings (SSSR count). The molecule has 0 radical (unpaired) electrons. The van der Waals surface area contributed by atoms with E-state index in [9.17, 15) is 22.8 Å². The first-order valence-corrected chi connectivity index (χ1v) is 11.5. The lowest BCUT2D eigenvalue weighted by Gasteiger charge is -2.19. The molecule has 32 heavy (non-hydrogen) atoms. The number of nitrogens with zero attached hydrogens (tertiary/aromatic N) is 3. The number of halogens is 4. The number of pyridine rings is 2. The van der Waals surface area contributed by atoms with Crippen molar-refractivity contribution in [3.8, 4) is 11.1 Å². The van der Waals surface area contributed by atoms with Crippen molar-refractivity contribution in [1.29, 1.82) is 0 Å². The van der Waals surface area contributed by atoms with Crippen LogP contribution in [0.4, 0.5) is 13.2 Å². The Labute approximate surface area is 193 Å². The molecule has 2 atom stereocenters. The number of hydrogen-bond donors (Lipinski definition) is 0. The highest BCUT2D eigenvalue weighted by atomic mass is 79.9. The summed E-state index contributed by atoms with van der Waals surface area (Å²) in [6.07, 6.45) is -3.04. The molecule has 5 nitrogen and oxygen atoms in total. The maximum atomic E-state index is 13.3. The van der Waals surface area contributed by atoms with Crippen molar-refractivity contribution in [1.82, 2.24) is 14.9 Å². The van der Waals surface area contributed by atoms with E-state index in [1.165, 1.54) is 29.4 Å². The Balaban J connectivity index is 1.54. The van der Waals surface area contributed by atoms with Crippen LogP contribution < -0.4 is 0 Å². The molecule has 1 aliphatic carbocycles. The van der Waals surface area contributed by atoms with Gasteiger partial charge in [-0.1, -0.05) is 13.8 Å². The van der Waals surface area contributed by atoms with Crippen molar-refractivity contribution >= 4 is 49.3 Å². The van der Waals surface area contributed by atoms with Gasteiger partial charge in [0, 0.05) is 26.7 Å². The summed E-state index contributed by atoms with van der Waals surface area (Å²) in [5, 5.41) is 0. The smallest absolute Gasteiger partial charge is 0.277 e. The number of aromatic nitrogens is 2. The van der Waals surface area contributed by atoms with E-state index in [4.69, 9.17) is 0 Å². The minimum atomic E-state index is -4.57. The molecule has 1 saturated carbocycles. The number of rotatable bonds is 3. The zero-order chi connectivity index (χ0) is 23.2. The number of alkyl halides is 3. The predicted molar refractivity (Wildman–Crippen MR) is 117 cm³/mol. The third-order valence-corrected chi connectivity index (χ3v) is 8.52. The summed E-state index contributed by atoms with van der Waals surface area (Å²) in [7, 11) is 0. The molecular weight excluding hydrogens is 507 g/mol. The van der Waals surface area contributed by atoms with Gasteiger partial charge >= 0.3 is 6.18 Å². The molecule has 3 aromatic rings. The van der Waals surface area contributed by atoms with Crippen LogP contribution in [0, 0.1) is 24.2 Å². The lowest BCUT2D eigenvalue weighted by molar-refractivity contribution is -0.144. The Morgan fingerprint density at radius 2 is 1.81 bits per heavy atom. The lowest BCUT2D eigenvalue weighted by Crippen LogP contribution is -2.35. The second-order valence-electron chi connectivity index (χ2n) is 8.78. The number of hydrogen-bond acceptors (Lipinski definition) is 5. The van der Waals surface area contributed by atoms with Gasteiger partial charge in [0.1, 0.15) is 5.69 Å². The summed E-state index contributed by atoms with van der Waals surface area (Å²) in [5.41, 5.74) is 0.527. The summed E-state index contributed by atoms with van der Waals surface area (Å²) in [5.74, 6) is -0.819. The number of carbonyl (C=O) groups excluding carboxylic acids is 2. The van der Waals surface area contributed by atoms with Crippen LogP contribution in [0.25, 0.3) is 21.3 Å². The third kappa shape index (κ3) is 3.10. The molecule has 1 aliphatic heterocycles. The van der Waals surface area contributed by atoms with E-state index in [-0.39, 0.29) is 41.3 Å². The zero-order valence-electron chi connectivity index (χ0n) is 17.2. The van der Waals surface area contributed by atoms with Crippen LogP contribution in [0.5, 0.6) is 0 Å². The maximum Gasteiger partial charge on any atom is 0.433 e. The lowest BCUT2D eigenvalue weighted by atomic mass is 10.0. The van der Waals surface area contributed by atoms with Crippen LogP contribution in [0.1, 0.15) is 30.1 Å². The van der Waals surface area contributed by atoms with E-state index < -0.39 is 11.9 Å². The van der Waals surface area contributed by atoms with Crippen LogP contribution >= 0.6 is 27.3 Å². The van der Waals surface area contributed by atoms with Gasteiger partial charge in [-0.05, 0) is 46.5 Å². The number of thiophene rings is 1. The van der Waals surface area contributed by atoms with Gasteiger partial charge in [0.15, 0.2) is 0 Å². The summed E-state index contributed by atoms with van der Waals surface area (Å²) < 4.78 is 41.2. The highest BCUT2D eigenvalue weighted by molar-refractivity contribution is 9.10. The molecule has 1 saturated heterocycles. The Morgan fingerprint density at radius 3 is 2.44 bits per heavy atom. The minimum Gasteiger partial charge on any atom is -0.277 e. The van der Waals surface area contributed by atoms with Crippen molar-refractivity contribution in [2.24, 2.45) is 17.3 Å². The second-order valence-corrected chi connectivity index (χ2v) is 10.7. The van der Waals surface area contributed by atoms with Gasteiger partial charge in [-0.3, -0.25) is 19.5 Å². The van der Waals surface area contributed by atoms with E-state index in [1.807, 2.05) is 13.8 Å². The Morgan fingerprint density at radius 1 is 1.16 bits per heavy atom. The number of carbonyl (C=O) groups is 2. The fourth-order valence-electron chi connectivity index (χ4n) is 4.59. The van der Waals surface area contributed by atoms with Crippen molar-refractivity contribution in [2.75, 3.05) is 0 Å². The first-order valence-electron chi connectivity index (χ1n) is 9.88. The Bertz CT molecular complexity index is 1290. The maximum absolute atomic E-state index is 13.3. The molecule has 2 fully saturated rings. The molecule has 0 aromatic carbocycles. The van der Waals surface area contributed by atoms with Crippen LogP contribution in [0.15, 0.2) is 28.9 Å². The monoisotopic (exact) mass is 523 g/mol. The van der Waals surface area contributed by atoms with E-state index in [2.05, 4.69) is 25.9 Å². The fraction of sp³-hybridized carbons (Fsp3) is 0.364. The number of imide groups is 1. The van der Waals surface area contributed by atoms with Gasteiger partial charge in [-0.2, -0.15) is 13.2 Å². The number of likely N-dealkylation sites (tertiary alicyclic amines) is 1. The van der Waals surface area contributed by atoms with Gasteiger partial charge in [0.2, 0.25) is 11.8 Å². The topological polar surface area (TPSA) is 63.2 Å². The van der Waals surface area contributed by atoms with Gasteiger partial charge in [-0.15, -0.1) is 11.3 Å². The van der Waals surface area contributed by atoms with Gasteiger partial charge in [-0.25, -0.2) is 4.98 Å². The average Bonchev–Trinajstić information content (AvgIpc) is 2.96. The number of amides is 2. The number of fused-ring (bicyclic) bond motifs is 2. The minimum absolute atomic E-state index is 0.144. The van der Waals surface area contributed by atoms with Crippen molar-refractivity contribution in [2.45, 2.75) is 33.5 Å². The normalized spacial score (nSPS) is 22.0. The largest absolute Gasteiger partial charge is 0.433 e. The van der Waals surface area contributed by atoms with Crippen LogP contribution in [-0.2, 0) is 22.3 Å². The molecule has 10 heteroatoms. The van der Waals surface area contributed by atoms with E-state index in [0.29, 0.717) is 25.8 Å². The van der Waals surface area contributed by atoms with Crippen molar-refractivity contribution in [3.63, 3.8) is 0 Å². The van der Waals surface area contributed by atoms with Crippen LogP contribution in [-0.4, -0.2) is 26.7 Å². The molecule has 0 bridgehead atoms. The first-order chi connectivity index (χ1) is 14.9. The Hall–Kier alpha value is -2.33. The summed E-state index contributed by atoms with van der Waals surface area (Å²) in [6.45, 7) is 5.51. The number of aryl methyl sites for hydroxylation is 1. The van der Waals surface area contributed by atoms with Crippen LogP contribution in [0.3, 0.4) is 0 Å². The molecule has 3 aromatic heterocycles. The van der Waals surface area contributed by atoms with E-state index in [0.717, 1.165) is 10.9 Å². The van der Waals surface area contributed by atoms with Crippen molar-refractivity contribution < 1.29 is 22.8 Å². The van der Waals surface area contributed by atoms with E-state index >= 15 is 0 Å². The first kappa shape index (κ1) is 21.5. The second kappa shape index (κ2) is 6.84. The summed E-state index contributed by atoms with van der Waals surface area (Å²) in [4.78, 5) is 35.4. The van der Waals surface area contributed by atoms with E-state index in [1.54, 1.807) is 12.1 Å². The highest BCUT2D eigenvalue weighted by Crippen LogP contribution is 2.63. The zero-order valence-corrected chi connectivity index (χ0v) is 19.7. The van der Waals surface area contributed by atoms with Gasteiger partial charge in [0.05, 0.1) is 34.3 Å². The molecule has 0 spiro atoms.